The zero-order valence-electron chi connectivity index (χ0n) is 9.48. The summed E-state index contributed by atoms with van der Waals surface area (Å²) in [5.74, 6) is -0.658. The topological polar surface area (TPSA) is 95.7 Å². The fourth-order valence-electron chi connectivity index (χ4n) is 1.92. The minimum atomic E-state index is -0.642. The monoisotopic (exact) mass is 229 g/mol. The SMILES string of the molecule is CNCCCC(=O)N1CC(O)CC1C(N)=O. The van der Waals surface area contributed by atoms with Gasteiger partial charge in [-0.15, -0.1) is 0 Å². The molecule has 0 aromatic heterocycles. The lowest BCUT2D eigenvalue weighted by atomic mass is 10.2. The Morgan fingerprint density at radius 1 is 1.56 bits per heavy atom. The van der Waals surface area contributed by atoms with Gasteiger partial charge in [-0.3, -0.25) is 9.59 Å². The van der Waals surface area contributed by atoms with E-state index >= 15 is 0 Å². The van der Waals surface area contributed by atoms with Gasteiger partial charge >= 0.3 is 0 Å². The van der Waals surface area contributed by atoms with Gasteiger partial charge in [0.05, 0.1) is 6.10 Å². The summed E-state index contributed by atoms with van der Waals surface area (Å²) in [4.78, 5) is 24.2. The van der Waals surface area contributed by atoms with Gasteiger partial charge in [0.15, 0.2) is 0 Å². The van der Waals surface area contributed by atoms with Crippen molar-refractivity contribution in [1.82, 2.24) is 10.2 Å². The third kappa shape index (κ3) is 3.18. The molecule has 1 heterocycles. The average molecular weight is 229 g/mol. The van der Waals surface area contributed by atoms with Crippen LogP contribution in [0.2, 0.25) is 0 Å². The van der Waals surface area contributed by atoms with Crippen LogP contribution in [0.4, 0.5) is 0 Å². The molecule has 2 amide bonds. The highest BCUT2D eigenvalue weighted by Crippen LogP contribution is 2.18. The number of nitrogens with one attached hydrogen (secondary N) is 1. The van der Waals surface area contributed by atoms with Crippen LogP contribution >= 0.6 is 0 Å². The van der Waals surface area contributed by atoms with Crippen LogP contribution in [0.15, 0.2) is 0 Å². The quantitative estimate of drug-likeness (QED) is 0.496. The van der Waals surface area contributed by atoms with Crippen molar-refractivity contribution in [1.29, 1.82) is 0 Å². The number of carbonyl (C=O) groups is 2. The Morgan fingerprint density at radius 2 is 2.25 bits per heavy atom. The zero-order valence-corrected chi connectivity index (χ0v) is 9.48. The fourth-order valence-corrected chi connectivity index (χ4v) is 1.92. The molecule has 0 aromatic rings. The van der Waals surface area contributed by atoms with E-state index in [0.717, 1.165) is 6.54 Å². The van der Waals surface area contributed by atoms with Gasteiger partial charge in [-0.1, -0.05) is 0 Å². The molecule has 0 radical (unpaired) electrons. The maximum Gasteiger partial charge on any atom is 0.240 e. The van der Waals surface area contributed by atoms with Gasteiger partial charge in [-0.25, -0.2) is 0 Å². The number of hydrogen-bond acceptors (Lipinski definition) is 4. The summed E-state index contributed by atoms with van der Waals surface area (Å²) in [6.07, 6.45) is 0.712. The molecule has 1 rings (SSSR count). The molecule has 1 fully saturated rings. The van der Waals surface area contributed by atoms with Gasteiger partial charge in [0.1, 0.15) is 6.04 Å². The van der Waals surface area contributed by atoms with Crippen molar-refractivity contribution in [2.75, 3.05) is 20.1 Å². The summed E-state index contributed by atoms with van der Waals surface area (Å²) in [7, 11) is 1.82. The van der Waals surface area contributed by atoms with Crippen LogP contribution in [-0.4, -0.2) is 54.1 Å². The van der Waals surface area contributed by atoms with Gasteiger partial charge in [0.2, 0.25) is 11.8 Å². The van der Waals surface area contributed by atoms with Crippen LogP contribution in [0.1, 0.15) is 19.3 Å². The maximum atomic E-state index is 11.8. The summed E-state index contributed by atoms with van der Waals surface area (Å²) < 4.78 is 0. The van der Waals surface area contributed by atoms with Gasteiger partial charge in [-0.2, -0.15) is 0 Å². The summed E-state index contributed by atoms with van der Waals surface area (Å²) in [5.41, 5.74) is 5.19. The lowest BCUT2D eigenvalue weighted by Crippen LogP contribution is -2.43. The van der Waals surface area contributed by atoms with E-state index in [2.05, 4.69) is 5.32 Å². The van der Waals surface area contributed by atoms with Crippen molar-refractivity contribution in [2.24, 2.45) is 5.73 Å². The fraction of sp³-hybridized carbons (Fsp3) is 0.800. The predicted octanol–water partition coefficient (Wildman–Crippen LogP) is -1.57. The summed E-state index contributed by atoms with van der Waals surface area (Å²) >= 11 is 0. The Hall–Kier alpha value is -1.14. The predicted molar refractivity (Wildman–Crippen MR) is 58.5 cm³/mol. The van der Waals surface area contributed by atoms with Gasteiger partial charge < -0.3 is 21.1 Å². The van der Waals surface area contributed by atoms with Crippen molar-refractivity contribution in [3.8, 4) is 0 Å². The van der Waals surface area contributed by atoms with E-state index < -0.39 is 18.1 Å². The van der Waals surface area contributed by atoms with E-state index in [9.17, 15) is 14.7 Å². The van der Waals surface area contributed by atoms with Gasteiger partial charge in [-0.05, 0) is 20.0 Å². The normalized spacial score (nSPS) is 24.8. The van der Waals surface area contributed by atoms with Crippen LogP contribution < -0.4 is 11.1 Å². The summed E-state index contributed by atoms with van der Waals surface area (Å²) in [5, 5.41) is 12.4. The molecule has 1 aliphatic rings. The molecule has 0 saturated carbocycles. The molecule has 16 heavy (non-hydrogen) atoms. The number of likely N-dealkylation sites (tertiary alicyclic amines) is 1. The Bertz CT molecular complexity index is 270. The number of aliphatic hydroxyl groups excluding tert-OH is 1. The van der Waals surface area contributed by atoms with Crippen molar-refractivity contribution < 1.29 is 14.7 Å². The second-order valence-corrected chi connectivity index (χ2v) is 4.06. The number of nitrogens with two attached hydrogens (primary N) is 1. The molecule has 0 aliphatic carbocycles. The minimum Gasteiger partial charge on any atom is -0.391 e. The van der Waals surface area contributed by atoms with Gasteiger partial charge in [0.25, 0.3) is 0 Å². The summed E-state index contributed by atoms with van der Waals surface area (Å²) in [6, 6.07) is -0.642. The third-order valence-corrected chi connectivity index (χ3v) is 2.75. The van der Waals surface area contributed by atoms with Gasteiger partial charge in [0, 0.05) is 19.4 Å². The molecule has 6 nitrogen and oxygen atoms in total. The Balaban J connectivity index is 2.50. The van der Waals surface area contributed by atoms with Crippen LogP contribution in [0.5, 0.6) is 0 Å². The molecule has 2 unspecified atom stereocenters. The first-order chi connectivity index (χ1) is 7.56. The van der Waals surface area contributed by atoms with Crippen LogP contribution in [0, 0.1) is 0 Å². The third-order valence-electron chi connectivity index (χ3n) is 2.75. The van der Waals surface area contributed by atoms with Crippen LogP contribution in [-0.2, 0) is 9.59 Å². The number of nitrogens with zero attached hydrogens (tertiary/aromatic N) is 1. The maximum absolute atomic E-state index is 11.8. The molecular formula is C10H19N3O3. The molecule has 92 valence electrons. The van der Waals surface area contributed by atoms with Crippen LogP contribution in [0.25, 0.3) is 0 Å². The number of hydrogen-bond donors (Lipinski definition) is 3. The molecule has 1 aliphatic heterocycles. The number of aliphatic hydroxyl groups is 1. The van der Waals surface area contributed by atoms with E-state index in [1.807, 2.05) is 7.05 Å². The number of amides is 2. The van der Waals surface area contributed by atoms with E-state index in [1.54, 1.807) is 0 Å². The zero-order chi connectivity index (χ0) is 12.1. The average Bonchev–Trinajstić information content (AvgIpc) is 2.61. The van der Waals surface area contributed by atoms with E-state index in [1.165, 1.54) is 4.90 Å². The highest BCUT2D eigenvalue weighted by Gasteiger charge is 2.37. The highest BCUT2D eigenvalue weighted by molar-refractivity contribution is 5.87. The van der Waals surface area contributed by atoms with Crippen molar-refractivity contribution >= 4 is 11.8 Å². The number of β-amino-alcohol motifs (C(OH)–C–C–N with tert-alkyl or cyclic N) is 1. The minimum absolute atomic E-state index is 0.115. The second-order valence-electron chi connectivity index (χ2n) is 4.06. The molecular weight excluding hydrogens is 210 g/mol. The first-order valence-corrected chi connectivity index (χ1v) is 5.47. The van der Waals surface area contributed by atoms with Crippen molar-refractivity contribution in [2.45, 2.75) is 31.4 Å². The number of carbonyl (C=O) groups excluding carboxylic acids is 2. The molecule has 0 aromatic carbocycles. The molecule has 0 bridgehead atoms. The smallest absolute Gasteiger partial charge is 0.240 e. The molecule has 0 spiro atoms. The lowest BCUT2D eigenvalue weighted by Gasteiger charge is -2.21. The largest absolute Gasteiger partial charge is 0.391 e. The van der Waals surface area contributed by atoms with Crippen molar-refractivity contribution in [3.05, 3.63) is 0 Å². The first-order valence-electron chi connectivity index (χ1n) is 5.47. The Kier molecular flexibility index (Phi) is 4.70. The van der Waals surface area contributed by atoms with E-state index in [4.69, 9.17) is 5.73 Å². The number of primary amides is 1. The molecule has 2 atom stereocenters. The second kappa shape index (κ2) is 5.81. The Labute approximate surface area is 94.8 Å². The molecule has 4 N–H and O–H groups in total. The van der Waals surface area contributed by atoms with Crippen LogP contribution in [0.3, 0.4) is 0 Å². The standard InChI is InChI=1S/C10H19N3O3/c1-12-4-2-3-9(15)13-6-7(14)5-8(13)10(11)16/h7-8,12,14H,2-6H2,1H3,(H2,11,16). The number of rotatable bonds is 5. The van der Waals surface area contributed by atoms with E-state index in [0.29, 0.717) is 12.8 Å². The first kappa shape index (κ1) is 12.9. The van der Waals surface area contributed by atoms with E-state index in [-0.39, 0.29) is 18.9 Å². The summed E-state index contributed by atoms with van der Waals surface area (Å²) in [6.45, 7) is 0.968. The molecule has 1 saturated heterocycles. The highest BCUT2D eigenvalue weighted by atomic mass is 16.3. The Morgan fingerprint density at radius 3 is 2.81 bits per heavy atom. The molecule has 6 heteroatoms. The lowest BCUT2D eigenvalue weighted by molar-refractivity contribution is -0.137. The van der Waals surface area contributed by atoms with Crippen molar-refractivity contribution in [3.63, 3.8) is 0 Å².